The fourth-order valence-corrected chi connectivity index (χ4v) is 4.10. The lowest BCUT2D eigenvalue weighted by molar-refractivity contribution is 0.129. The van der Waals surface area contributed by atoms with E-state index in [0.717, 1.165) is 13.1 Å². The standard InChI is InChI=1S/C13H21N3S/c1-11-14-8-12(17-11)9-16-7-6-15-13(10-16)4-2-3-5-13/h8,15H,2-7,9-10H2,1H3. The number of aryl methyl sites for hydroxylation is 1. The molecule has 4 heteroatoms. The number of thiazole rings is 1. The summed E-state index contributed by atoms with van der Waals surface area (Å²) in [5, 5.41) is 4.95. The third-order valence-corrected chi connectivity index (χ3v) is 4.96. The summed E-state index contributed by atoms with van der Waals surface area (Å²) in [6.45, 7) is 6.74. The van der Waals surface area contributed by atoms with Crippen molar-refractivity contribution in [2.45, 2.75) is 44.7 Å². The number of hydrogen-bond donors (Lipinski definition) is 1. The molecule has 1 aromatic rings. The van der Waals surface area contributed by atoms with E-state index in [1.165, 1.54) is 48.7 Å². The van der Waals surface area contributed by atoms with Crippen molar-refractivity contribution in [3.8, 4) is 0 Å². The lowest BCUT2D eigenvalue weighted by atomic mass is 9.94. The normalized spacial score (nSPS) is 24.5. The first-order valence-electron chi connectivity index (χ1n) is 6.65. The van der Waals surface area contributed by atoms with Crippen molar-refractivity contribution in [3.05, 3.63) is 16.1 Å². The predicted octanol–water partition coefficient (Wildman–Crippen LogP) is 2.17. The van der Waals surface area contributed by atoms with Gasteiger partial charge in [-0.05, 0) is 19.8 Å². The minimum Gasteiger partial charge on any atom is -0.309 e. The third-order valence-electron chi connectivity index (χ3n) is 4.06. The topological polar surface area (TPSA) is 28.2 Å². The number of aromatic nitrogens is 1. The van der Waals surface area contributed by atoms with E-state index in [1.807, 2.05) is 17.5 Å². The number of nitrogens with zero attached hydrogens (tertiary/aromatic N) is 2. The molecule has 0 radical (unpaired) electrons. The SMILES string of the molecule is Cc1ncc(CN2CCNC3(CCCC3)C2)s1. The highest BCUT2D eigenvalue weighted by atomic mass is 32.1. The van der Waals surface area contributed by atoms with Crippen LogP contribution < -0.4 is 5.32 Å². The summed E-state index contributed by atoms with van der Waals surface area (Å²) >= 11 is 1.84. The Kier molecular flexibility index (Phi) is 3.19. The van der Waals surface area contributed by atoms with Gasteiger partial charge >= 0.3 is 0 Å². The van der Waals surface area contributed by atoms with Crippen LogP contribution in [0.25, 0.3) is 0 Å². The molecule has 3 nitrogen and oxygen atoms in total. The Balaban J connectivity index is 1.64. The average molecular weight is 251 g/mol. The zero-order chi connectivity index (χ0) is 11.7. The Morgan fingerprint density at radius 3 is 3.00 bits per heavy atom. The van der Waals surface area contributed by atoms with Crippen molar-refractivity contribution in [1.82, 2.24) is 15.2 Å². The van der Waals surface area contributed by atoms with Gasteiger partial charge in [0.2, 0.25) is 0 Å². The second-order valence-corrected chi connectivity index (χ2v) is 6.79. The summed E-state index contributed by atoms with van der Waals surface area (Å²) in [4.78, 5) is 8.37. The number of rotatable bonds is 2. The van der Waals surface area contributed by atoms with Crippen molar-refractivity contribution in [3.63, 3.8) is 0 Å². The molecule has 94 valence electrons. The first-order chi connectivity index (χ1) is 8.26. The molecule has 1 aromatic heterocycles. The van der Waals surface area contributed by atoms with Crippen molar-refractivity contribution >= 4 is 11.3 Å². The molecule has 1 saturated carbocycles. The van der Waals surface area contributed by atoms with Crippen molar-refractivity contribution in [2.75, 3.05) is 19.6 Å². The van der Waals surface area contributed by atoms with Gasteiger partial charge in [-0.25, -0.2) is 4.98 Å². The van der Waals surface area contributed by atoms with Gasteiger partial charge in [0, 0.05) is 42.8 Å². The molecule has 1 saturated heterocycles. The number of hydrogen-bond acceptors (Lipinski definition) is 4. The van der Waals surface area contributed by atoms with Crippen LogP contribution in [0.4, 0.5) is 0 Å². The van der Waals surface area contributed by atoms with Crippen molar-refractivity contribution in [2.24, 2.45) is 0 Å². The Bertz CT molecular complexity index is 382. The fraction of sp³-hybridized carbons (Fsp3) is 0.769. The number of nitrogens with one attached hydrogen (secondary N) is 1. The molecule has 2 aliphatic rings. The van der Waals surface area contributed by atoms with Crippen LogP contribution in [-0.4, -0.2) is 35.1 Å². The lowest BCUT2D eigenvalue weighted by Gasteiger charge is -2.41. The fourth-order valence-electron chi connectivity index (χ4n) is 3.26. The average Bonchev–Trinajstić information content (AvgIpc) is 2.89. The van der Waals surface area contributed by atoms with Crippen molar-refractivity contribution < 1.29 is 0 Å². The molecule has 1 spiro atoms. The first-order valence-corrected chi connectivity index (χ1v) is 7.46. The van der Waals surface area contributed by atoms with Crippen LogP contribution in [-0.2, 0) is 6.54 Å². The minimum absolute atomic E-state index is 0.442. The molecule has 0 aromatic carbocycles. The quantitative estimate of drug-likeness (QED) is 0.873. The zero-order valence-corrected chi connectivity index (χ0v) is 11.4. The molecule has 0 amide bonds. The van der Waals surface area contributed by atoms with Crippen LogP contribution in [0.3, 0.4) is 0 Å². The van der Waals surface area contributed by atoms with E-state index < -0.39 is 0 Å². The first kappa shape index (κ1) is 11.6. The van der Waals surface area contributed by atoms with Gasteiger partial charge in [0.05, 0.1) is 5.01 Å². The summed E-state index contributed by atoms with van der Waals surface area (Å²) in [5.41, 5.74) is 0.442. The van der Waals surface area contributed by atoms with Crippen LogP contribution in [0, 0.1) is 6.92 Å². The molecular weight excluding hydrogens is 230 g/mol. The second kappa shape index (κ2) is 4.67. The highest BCUT2D eigenvalue weighted by Crippen LogP contribution is 2.32. The smallest absolute Gasteiger partial charge is 0.0897 e. The maximum absolute atomic E-state index is 4.35. The zero-order valence-electron chi connectivity index (χ0n) is 10.5. The molecule has 2 heterocycles. The van der Waals surface area contributed by atoms with Gasteiger partial charge in [-0.1, -0.05) is 12.8 Å². The lowest BCUT2D eigenvalue weighted by Crippen LogP contribution is -2.58. The highest BCUT2D eigenvalue weighted by Gasteiger charge is 2.37. The Hall–Kier alpha value is -0.450. The van der Waals surface area contributed by atoms with E-state index in [4.69, 9.17) is 0 Å². The van der Waals surface area contributed by atoms with Gasteiger partial charge in [-0.2, -0.15) is 0 Å². The van der Waals surface area contributed by atoms with Crippen LogP contribution in [0.15, 0.2) is 6.20 Å². The van der Waals surface area contributed by atoms with Gasteiger partial charge in [-0.3, -0.25) is 4.90 Å². The van der Waals surface area contributed by atoms with Gasteiger partial charge < -0.3 is 5.32 Å². The Labute approximate surface area is 107 Å². The Morgan fingerprint density at radius 1 is 1.47 bits per heavy atom. The summed E-state index contributed by atoms with van der Waals surface area (Å²) in [6, 6.07) is 0. The van der Waals surface area contributed by atoms with E-state index in [0.29, 0.717) is 5.54 Å². The molecule has 3 rings (SSSR count). The monoisotopic (exact) mass is 251 g/mol. The molecule has 17 heavy (non-hydrogen) atoms. The van der Waals surface area contributed by atoms with E-state index >= 15 is 0 Å². The summed E-state index contributed by atoms with van der Waals surface area (Å²) in [5.74, 6) is 0. The van der Waals surface area contributed by atoms with Gasteiger partial charge in [-0.15, -0.1) is 11.3 Å². The van der Waals surface area contributed by atoms with Crippen LogP contribution >= 0.6 is 11.3 Å². The van der Waals surface area contributed by atoms with E-state index in [2.05, 4.69) is 22.1 Å². The van der Waals surface area contributed by atoms with Gasteiger partial charge in [0.15, 0.2) is 0 Å². The minimum atomic E-state index is 0.442. The van der Waals surface area contributed by atoms with E-state index in [9.17, 15) is 0 Å². The molecule has 1 aliphatic heterocycles. The van der Waals surface area contributed by atoms with Crippen LogP contribution in [0.5, 0.6) is 0 Å². The summed E-state index contributed by atoms with van der Waals surface area (Å²) in [7, 11) is 0. The largest absolute Gasteiger partial charge is 0.309 e. The van der Waals surface area contributed by atoms with Crippen LogP contribution in [0.2, 0.25) is 0 Å². The van der Waals surface area contributed by atoms with Gasteiger partial charge in [0.25, 0.3) is 0 Å². The number of piperazine rings is 1. The summed E-state index contributed by atoms with van der Waals surface area (Å²) < 4.78 is 0. The maximum Gasteiger partial charge on any atom is 0.0897 e. The molecular formula is C13H21N3S. The molecule has 0 atom stereocenters. The third kappa shape index (κ3) is 2.54. The molecule has 1 N–H and O–H groups in total. The summed E-state index contributed by atoms with van der Waals surface area (Å²) in [6.07, 6.45) is 7.58. The predicted molar refractivity (Wildman–Crippen MR) is 71.3 cm³/mol. The van der Waals surface area contributed by atoms with Crippen LogP contribution in [0.1, 0.15) is 35.6 Å². The Morgan fingerprint density at radius 2 is 2.29 bits per heavy atom. The maximum atomic E-state index is 4.35. The molecule has 0 unspecified atom stereocenters. The molecule has 1 aliphatic carbocycles. The van der Waals surface area contributed by atoms with E-state index in [1.54, 1.807) is 0 Å². The van der Waals surface area contributed by atoms with Crippen molar-refractivity contribution in [1.29, 1.82) is 0 Å². The second-order valence-electron chi connectivity index (χ2n) is 5.47. The highest BCUT2D eigenvalue weighted by molar-refractivity contribution is 7.11. The van der Waals surface area contributed by atoms with E-state index in [-0.39, 0.29) is 0 Å². The van der Waals surface area contributed by atoms with Gasteiger partial charge in [0.1, 0.15) is 0 Å². The molecule has 2 fully saturated rings. The molecule has 0 bridgehead atoms.